The van der Waals surface area contributed by atoms with E-state index in [0.29, 0.717) is 18.9 Å². The Bertz CT molecular complexity index is 1030. The normalized spacial score (nSPS) is 19.9. The molecule has 3 N–H and O–H groups in total. The molecule has 0 radical (unpaired) electrons. The number of carboxylic acid groups (broad SMARTS) is 1. The Morgan fingerprint density at radius 3 is 2.72 bits per heavy atom. The first-order chi connectivity index (χ1) is 17.3. The van der Waals surface area contributed by atoms with Gasteiger partial charge in [0.15, 0.2) is 0 Å². The molecule has 0 saturated heterocycles. The molecule has 1 atom stereocenters. The maximum absolute atomic E-state index is 12.8. The van der Waals surface area contributed by atoms with E-state index < -0.39 is 17.4 Å². The molecule has 194 valence electrons. The number of aliphatic carboxylic acids is 1. The van der Waals surface area contributed by atoms with E-state index >= 15 is 0 Å². The van der Waals surface area contributed by atoms with Gasteiger partial charge in [-0.25, -0.2) is 9.78 Å². The maximum Gasteiger partial charge on any atom is 0.326 e. The number of fused-ring (bicyclic) bond motifs is 1. The first-order valence-corrected chi connectivity index (χ1v) is 13.2. The Balaban J connectivity index is 1.15. The molecular formula is C29H39N3O4. The van der Waals surface area contributed by atoms with Crippen molar-refractivity contribution in [3.8, 4) is 0 Å². The van der Waals surface area contributed by atoms with E-state index in [1.807, 2.05) is 44.2 Å². The van der Waals surface area contributed by atoms with Crippen molar-refractivity contribution in [1.82, 2.24) is 10.3 Å². The number of rotatable bonds is 12. The van der Waals surface area contributed by atoms with Gasteiger partial charge >= 0.3 is 5.97 Å². The highest BCUT2D eigenvalue weighted by Gasteiger charge is 2.33. The highest BCUT2D eigenvalue weighted by molar-refractivity contribution is 5.87. The smallest absolute Gasteiger partial charge is 0.326 e. The number of anilines is 1. The van der Waals surface area contributed by atoms with E-state index in [4.69, 9.17) is 9.72 Å². The van der Waals surface area contributed by atoms with Crippen LogP contribution >= 0.6 is 0 Å². The third kappa shape index (κ3) is 7.06. The fraction of sp³-hybridized carbons (Fsp3) is 0.552. The van der Waals surface area contributed by atoms with Gasteiger partial charge in [0.1, 0.15) is 11.9 Å². The average Bonchev–Trinajstić information content (AvgIpc) is 2.84. The summed E-state index contributed by atoms with van der Waals surface area (Å²) in [5.74, 6) is 0.390. The Kier molecular flexibility index (Phi) is 8.62. The van der Waals surface area contributed by atoms with Crippen molar-refractivity contribution >= 4 is 17.7 Å². The van der Waals surface area contributed by atoms with Gasteiger partial charge in [0.25, 0.3) is 0 Å². The molecule has 0 bridgehead atoms. The molecule has 1 aliphatic heterocycles. The van der Waals surface area contributed by atoms with Gasteiger partial charge in [-0.05, 0) is 68.1 Å². The number of aryl methyl sites for hydroxylation is 2. The lowest BCUT2D eigenvalue weighted by atomic mass is 9.79. The number of hydrogen-bond donors (Lipinski definition) is 3. The van der Waals surface area contributed by atoms with Gasteiger partial charge in [0, 0.05) is 30.7 Å². The predicted molar refractivity (Wildman–Crippen MR) is 140 cm³/mol. The monoisotopic (exact) mass is 493 g/mol. The van der Waals surface area contributed by atoms with Crippen LogP contribution in [-0.4, -0.2) is 47.3 Å². The fourth-order valence-corrected chi connectivity index (χ4v) is 5.06. The molecule has 1 amide bonds. The van der Waals surface area contributed by atoms with Gasteiger partial charge in [-0.1, -0.05) is 50.2 Å². The topological polar surface area (TPSA) is 101 Å². The predicted octanol–water partition coefficient (Wildman–Crippen LogP) is 4.40. The van der Waals surface area contributed by atoms with Gasteiger partial charge in [-0.15, -0.1) is 0 Å². The van der Waals surface area contributed by atoms with Crippen LogP contribution in [0.2, 0.25) is 0 Å². The second-order valence-electron chi connectivity index (χ2n) is 10.9. The summed E-state index contributed by atoms with van der Waals surface area (Å²) >= 11 is 0. The van der Waals surface area contributed by atoms with Crippen molar-refractivity contribution in [3.05, 3.63) is 59.3 Å². The third-order valence-electron chi connectivity index (χ3n) is 7.42. The van der Waals surface area contributed by atoms with E-state index in [9.17, 15) is 14.7 Å². The number of hydrogen-bond acceptors (Lipinski definition) is 5. The summed E-state index contributed by atoms with van der Waals surface area (Å²) in [5, 5.41) is 15.7. The lowest BCUT2D eigenvalue weighted by Gasteiger charge is -2.35. The summed E-state index contributed by atoms with van der Waals surface area (Å²) in [6.07, 6.45) is 7.31. The maximum atomic E-state index is 12.8. The number of pyridine rings is 1. The highest BCUT2D eigenvalue weighted by Crippen LogP contribution is 2.34. The summed E-state index contributed by atoms with van der Waals surface area (Å²) in [6, 6.07) is 13.2. The molecule has 2 aromatic rings. The van der Waals surface area contributed by atoms with Gasteiger partial charge in [0.05, 0.1) is 6.10 Å². The molecule has 2 aliphatic rings. The van der Waals surface area contributed by atoms with E-state index in [1.165, 1.54) is 12.0 Å². The van der Waals surface area contributed by atoms with Crippen LogP contribution in [-0.2, 0) is 33.6 Å². The summed E-state index contributed by atoms with van der Waals surface area (Å²) < 4.78 is 5.94. The van der Waals surface area contributed by atoms with Crippen LogP contribution in [0.15, 0.2) is 42.5 Å². The van der Waals surface area contributed by atoms with Crippen molar-refractivity contribution in [2.45, 2.75) is 77.4 Å². The molecule has 1 fully saturated rings. The number of carboxylic acids is 1. The Hall–Kier alpha value is -2.93. The largest absolute Gasteiger partial charge is 0.480 e. The summed E-state index contributed by atoms with van der Waals surface area (Å²) in [7, 11) is 0. The van der Waals surface area contributed by atoms with E-state index in [2.05, 4.69) is 22.8 Å². The van der Waals surface area contributed by atoms with Crippen LogP contribution in [0.25, 0.3) is 0 Å². The van der Waals surface area contributed by atoms with Crippen LogP contribution in [0.1, 0.15) is 62.8 Å². The Morgan fingerprint density at radius 2 is 1.97 bits per heavy atom. The van der Waals surface area contributed by atoms with Gasteiger partial charge in [0.2, 0.25) is 5.91 Å². The van der Waals surface area contributed by atoms with Crippen molar-refractivity contribution in [3.63, 3.8) is 0 Å². The lowest BCUT2D eigenvalue weighted by molar-refractivity contribution is -0.144. The Labute approximate surface area is 214 Å². The van der Waals surface area contributed by atoms with Crippen LogP contribution in [0.5, 0.6) is 0 Å². The molecule has 1 aromatic carbocycles. The molecule has 1 aromatic heterocycles. The van der Waals surface area contributed by atoms with Crippen LogP contribution < -0.4 is 10.6 Å². The van der Waals surface area contributed by atoms with Crippen molar-refractivity contribution in [2.24, 2.45) is 11.3 Å². The molecule has 36 heavy (non-hydrogen) atoms. The highest BCUT2D eigenvalue weighted by atomic mass is 16.5. The zero-order valence-corrected chi connectivity index (χ0v) is 21.5. The molecule has 7 nitrogen and oxygen atoms in total. The molecule has 2 heterocycles. The van der Waals surface area contributed by atoms with Crippen LogP contribution in [0, 0.1) is 11.3 Å². The van der Waals surface area contributed by atoms with E-state index in [1.54, 1.807) is 0 Å². The van der Waals surface area contributed by atoms with Crippen molar-refractivity contribution in [2.75, 3.05) is 18.5 Å². The molecule has 1 unspecified atom stereocenters. The molecule has 7 heteroatoms. The number of benzene rings is 1. The standard InChI is InChI=1S/C29H39N3O4/c1-29(2,19-20-7-4-3-5-8-20)28(35)32-25(27(33)34)14-16-36-24-17-21(18-24)10-12-23-13-11-22-9-6-15-30-26(22)31-23/h3-5,7-8,11,13,21,24-25H,6,9-10,12,14-19H2,1-2H3,(H,30,31)(H,32,35)(H,33,34). The minimum absolute atomic E-state index is 0.174. The fourth-order valence-electron chi connectivity index (χ4n) is 5.06. The van der Waals surface area contributed by atoms with Crippen LogP contribution in [0.3, 0.4) is 0 Å². The lowest BCUT2D eigenvalue weighted by Crippen LogP contribution is -2.48. The molecule has 1 aliphatic carbocycles. The minimum atomic E-state index is -1.03. The number of nitrogens with one attached hydrogen (secondary N) is 2. The average molecular weight is 494 g/mol. The van der Waals surface area contributed by atoms with E-state index in [-0.39, 0.29) is 18.4 Å². The third-order valence-corrected chi connectivity index (χ3v) is 7.42. The summed E-state index contributed by atoms with van der Waals surface area (Å²) in [4.78, 5) is 29.4. The van der Waals surface area contributed by atoms with E-state index in [0.717, 1.165) is 55.7 Å². The van der Waals surface area contributed by atoms with Crippen molar-refractivity contribution in [1.29, 1.82) is 0 Å². The SMILES string of the molecule is CC(C)(Cc1ccccc1)C(=O)NC(CCOC1CC(CCc2ccc3c(n2)NCCC3)C1)C(=O)O. The quantitative estimate of drug-likeness (QED) is 0.405. The number of carbonyl (C=O) groups excluding carboxylic acids is 1. The number of aromatic nitrogens is 1. The summed E-state index contributed by atoms with van der Waals surface area (Å²) in [5.41, 5.74) is 2.80. The van der Waals surface area contributed by atoms with Gasteiger partial charge in [-0.3, -0.25) is 4.79 Å². The summed E-state index contributed by atoms with van der Waals surface area (Å²) in [6.45, 7) is 5.01. The number of amides is 1. The number of ether oxygens (including phenoxy) is 1. The second kappa shape index (κ2) is 11.9. The van der Waals surface area contributed by atoms with Gasteiger partial charge < -0.3 is 20.5 Å². The first kappa shape index (κ1) is 26.1. The first-order valence-electron chi connectivity index (χ1n) is 13.2. The second-order valence-corrected chi connectivity index (χ2v) is 10.9. The molecule has 1 saturated carbocycles. The number of carbonyl (C=O) groups is 2. The zero-order chi connectivity index (χ0) is 25.5. The minimum Gasteiger partial charge on any atom is -0.480 e. The molecule has 0 spiro atoms. The van der Waals surface area contributed by atoms with Gasteiger partial charge in [-0.2, -0.15) is 0 Å². The Morgan fingerprint density at radius 1 is 1.19 bits per heavy atom. The van der Waals surface area contributed by atoms with Crippen LogP contribution in [0.4, 0.5) is 5.82 Å². The molecule has 4 rings (SSSR count). The number of nitrogens with zero attached hydrogens (tertiary/aromatic N) is 1. The zero-order valence-electron chi connectivity index (χ0n) is 21.5. The molecular weight excluding hydrogens is 454 g/mol. The van der Waals surface area contributed by atoms with Crippen molar-refractivity contribution < 1.29 is 19.4 Å².